The van der Waals surface area contributed by atoms with Crippen molar-refractivity contribution >= 4 is 5.97 Å². The smallest absolute Gasteiger partial charge is 0.333 e. The van der Waals surface area contributed by atoms with Crippen LogP contribution < -0.4 is 9.47 Å². The number of aryl methyl sites for hydroxylation is 2. The molecule has 2 rings (SSSR count). The third kappa shape index (κ3) is 5.86. The molecule has 0 saturated carbocycles. The molecular weight excluding hydrogens is 344 g/mol. The van der Waals surface area contributed by atoms with E-state index in [0.717, 1.165) is 28.0 Å². The van der Waals surface area contributed by atoms with Crippen molar-refractivity contribution < 1.29 is 24.1 Å². The van der Waals surface area contributed by atoms with Crippen LogP contribution in [0.1, 0.15) is 18.1 Å². The van der Waals surface area contributed by atoms with Gasteiger partial charge in [-0.25, -0.2) is 4.79 Å². The number of hydrogen-bond acceptors (Lipinski definition) is 5. The summed E-state index contributed by atoms with van der Waals surface area (Å²) in [6.07, 6.45) is 0. The molecule has 2 aromatic rings. The van der Waals surface area contributed by atoms with Crippen LogP contribution in [0.5, 0.6) is 11.5 Å². The summed E-state index contributed by atoms with van der Waals surface area (Å²) in [6.45, 7) is 9.82. The van der Waals surface area contributed by atoms with Gasteiger partial charge in [0.1, 0.15) is 31.3 Å². The summed E-state index contributed by atoms with van der Waals surface area (Å²) >= 11 is 0. The van der Waals surface area contributed by atoms with E-state index in [0.29, 0.717) is 11.3 Å². The van der Waals surface area contributed by atoms with Gasteiger partial charge in [-0.15, -0.1) is 0 Å². The van der Waals surface area contributed by atoms with Crippen LogP contribution in [0.25, 0.3) is 11.1 Å². The molecule has 0 atom stereocenters. The lowest BCUT2D eigenvalue weighted by Gasteiger charge is -2.15. The molecule has 0 aliphatic rings. The lowest BCUT2D eigenvalue weighted by molar-refractivity contribution is -0.139. The number of esters is 1. The Morgan fingerprint density at radius 3 is 2.41 bits per heavy atom. The van der Waals surface area contributed by atoms with Gasteiger partial charge in [0.25, 0.3) is 0 Å². The molecule has 0 heterocycles. The van der Waals surface area contributed by atoms with E-state index in [2.05, 4.69) is 6.58 Å². The summed E-state index contributed by atoms with van der Waals surface area (Å²) < 4.78 is 16.4. The summed E-state index contributed by atoms with van der Waals surface area (Å²) in [5.41, 5.74) is 4.46. The van der Waals surface area contributed by atoms with Gasteiger partial charge >= 0.3 is 5.97 Å². The molecule has 0 aromatic heterocycles. The minimum atomic E-state index is -0.419. The van der Waals surface area contributed by atoms with Crippen LogP contribution in [0.2, 0.25) is 0 Å². The number of benzene rings is 2. The zero-order chi connectivity index (χ0) is 19.8. The standard InChI is InChI=1S/C22H26O5/c1-15(2)22(24)27-12-11-26-21-13-16(3)5-7-20(21)19-8-6-18(14-17(19)4)25-10-9-23/h5-8,13-14,23H,1,9-12H2,2-4H3. The molecule has 5 nitrogen and oxygen atoms in total. The Bertz CT molecular complexity index is 810. The Hall–Kier alpha value is -2.79. The maximum Gasteiger partial charge on any atom is 0.333 e. The zero-order valence-corrected chi connectivity index (χ0v) is 16.1. The third-order valence-corrected chi connectivity index (χ3v) is 3.91. The highest BCUT2D eigenvalue weighted by Crippen LogP contribution is 2.34. The number of carbonyl (C=O) groups excluding carboxylic acids is 1. The van der Waals surface area contributed by atoms with Crippen LogP contribution in [0.15, 0.2) is 48.6 Å². The molecule has 0 amide bonds. The van der Waals surface area contributed by atoms with Crippen molar-refractivity contribution in [2.24, 2.45) is 0 Å². The molecule has 2 aromatic carbocycles. The van der Waals surface area contributed by atoms with Crippen molar-refractivity contribution in [3.8, 4) is 22.6 Å². The molecule has 27 heavy (non-hydrogen) atoms. The number of carbonyl (C=O) groups is 1. The molecular formula is C22H26O5. The summed E-state index contributed by atoms with van der Waals surface area (Å²) in [7, 11) is 0. The normalized spacial score (nSPS) is 10.4. The predicted molar refractivity (Wildman–Crippen MR) is 105 cm³/mol. The number of ether oxygens (including phenoxy) is 3. The monoisotopic (exact) mass is 370 g/mol. The average Bonchev–Trinajstić information content (AvgIpc) is 2.64. The second kappa shape index (κ2) is 9.78. The van der Waals surface area contributed by atoms with Crippen molar-refractivity contribution in [3.63, 3.8) is 0 Å². The van der Waals surface area contributed by atoms with Gasteiger partial charge in [-0.3, -0.25) is 0 Å². The molecule has 0 spiro atoms. The van der Waals surface area contributed by atoms with Crippen LogP contribution in [0, 0.1) is 13.8 Å². The average molecular weight is 370 g/mol. The molecule has 5 heteroatoms. The molecule has 0 fully saturated rings. The van der Waals surface area contributed by atoms with Crippen LogP contribution in [0.3, 0.4) is 0 Å². The van der Waals surface area contributed by atoms with Crippen molar-refractivity contribution in [1.29, 1.82) is 0 Å². The predicted octanol–water partition coefficient (Wildman–Crippen LogP) is 3.84. The van der Waals surface area contributed by atoms with Crippen LogP contribution >= 0.6 is 0 Å². The molecule has 0 unspecified atom stereocenters. The Kier molecular flexibility index (Phi) is 7.44. The minimum absolute atomic E-state index is 0.0211. The fourth-order valence-corrected chi connectivity index (χ4v) is 2.57. The van der Waals surface area contributed by atoms with Gasteiger partial charge in [0.15, 0.2) is 0 Å². The van der Waals surface area contributed by atoms with Gasteiger partial charge in [0.2, 0.25) is 0 Å². The number of aliphatic hydroxyl groups is 1. The fraction of sp³-hybridized carbons (Fsp3) is 0.318. The Morgan fingerprint density at radius 2 is 1.74 bits per heavy atom. The fourth-order valence-electron chi connectivity index (χ4n) is 2.57. The first kappa shape index (κ1) is 20.5. The summed E-state index contributed by atoms with van der Waals surface area (Å²) in [5, 5.41) is 8.88. The van der Waals surface area contributed by atoms with Gasteiger partial charge in [-0.2, -0.15) is 0 Å². The topological polar surface area (TPSA) is 65.0 Å². The summed E-state index contributed by atoms with van der Waals surface area (Å²) in [4.78, 5) is 11.4. The molecule has 144 valence electrons. The number of rotatable bonds is 9. The van der Waals surface area contributed by atoms with E-state index in [1.54, 1.807) is 6.92 Å². The van der Waals surface area contributed by atoms with Crippen LogP contribution in [0.4, 0.5) is 0 Å². The SMILES string of the molecule is C=C(C)C(=O)OCCOc1cc(C)ccc1-c1ccc(OCCO)cc1C. The van der Waals surface area contributed by atoms with E-state index >= 15 is 0 Å². The van der Waals surface area contributed by atoms with Crippen LogP contribution in [-0.2, 0) is 9.53 Å². The first-order chi connectivity index (χ1) is 12.9. The summed E-state index contributed by atoms with van der Waals surface area (Å²) in [5.74, 6) is 1.03. The lowest BCUT2D eigenvalue weighted by Crippen LogP contribution is -2.12. The van der Waals surface area contributed by atoms with Gasteiger partial charge in [0, 0.05) is 11.1 Å². The van der Waals surface area contributed by atoms with E-state index < -0.39 is 5.97 Å². The van der Waals surface area contributed by atoms with Crippen LogP contribution in [-0.4, -0.2) is 37.5 Å². The highest BCUT2D eigenvalue weighted by atomic mass is 16.6. The second-order valence-electron chi connectivity index (χ2n) is 6.31. The Morgan fingerprint density at radius 1 is 1.00 bits per heavy atom. The van der Waals surface area contributed by atoms with Gasteiger partial charge in [-0.1, -0.05) is 24.8 Å². The van der Waals surface area contributed by atoms with Crippen molar-refractivity contribution in [2.75, 3.05) is 26.4 Å². The second-order valence-corrected chi connectivity index (χ2v) is 6.31. The molecule has 0 radical (unpaired) electrons. The van der Waals surface area contributed by atoms with Gasteiger partial charge in [0.05, 0.1) is 6.61 Å². The largest absolute Gasteiger partial charge is 0.491 e. The molecule has 1 N–H and O–H groups in total. The van der Waals surface area contributed by atoms with Crippen molar-refractivity contribution in [1.82, 2.24) is 0 Å². The molecule has 0 bridgehead atoms. The molecule has 0 saturated heterocycles. The first-order valence-corrected chi connectivity index (χ1v) is 8.83. The Labute approximate surface area is 160 Å². The quantitative estimate of drug-likeness (QED) is 0.413. The maximum atomic E-state index is 11.4. The third-order valence-electron chi connectivity index (χ3n) is 3.91. The van der Waals surface area contributed by atoms with Gasteiger partial charge < -0.3 is 19.3 Å². The summed E-state index contributed by atoms with van der Waals surface area (Å²) in [6, 6.07) is 11.8. The highest BCUT2D eigenvalue weighted by molar-refractivity contribution is 5.86. The first-order valence-electron chi connectivity index (χ1n) is 8.83. The van der Waals surface area contributed by atoms with Gasteiger partial charge in [-0.05, 0) is 55.7 Å². The lowest BCUT2D eigenvalue weighted by atomic mass is 9.98. The van der Waals surface area contributed by atoms with E-state index in [4.69, 9.17) is 19.3 Å². The highest BCUT2D eigenvalue weighted by Gasteiger charge is 2.11. The minimum Gasteiger partial charge on any atom is -0.491 e. The number of hydrogen-bond donors (Lipinski definition) is 1. The van der Waals surface area contributed by atoms with E-state index in [1.807, 2.05) is 50.2 Å². The van der Waals surface area contributed by atoms with E-state index in [-0.39, 0.29) is 26.4 Å². The maximum absolute atomic E-state index is 11.4. The van der Waals surface area contributed by atoms with E-state index in [1.165, 1.54) is 0 Å². The number of aliphatic hydroxyl groups excluding tert-OH is 1. The van der Waals surface area contributed by atoms with Crippen molar-refractivity contribution in [3.05, 3.63) is 59.7 Å². The van der Waals surface area contributed by atoms with E-state index in [9.17, 15) is 4.79 Å². The molecule has 0 aliphatic heterocycles. The Balaban J connectivity index is 2.15. The zero-order valence-electron chi connectivity index (χ0n) is 16.1. The van der Waals surface area contributed by atoms with Crippen molar-refractivity contribution in [2.45, 2.75) is 20.8 Å². The molecule has 0 aliphatic carbocycles.